The maximum Gasteiger partial charge on any atom is 0.133 e. The van der Waals surface area contributed by atoms with Crippen LogP contribution in [-0.2, 0) is 9.53 Å². The van der Waals surface area contributed by atoms with Gasteiger partial charge in [0.15, 0.2) is 0 Å². The fourth-order valence-corrected chi connectivity index (χ4v) is 9.51. The standard InChI is InChI=1S/C29H50O2/c1-19(2)9-7-10-20(3)24-11-8-12-25-23-14-13-21-17-22(30)18-27(21)29(5,31-6)26(23)15-16-28(24,25)4/h19-21,23-27H,7-18H2,1-6H3/t20-,21-,23+,24-,25+,26+,27+,28-,29+/m1/s1. The Labute approximate surface area is 192 Å². The van der Waals surface area contributed by atoms with Crippen molar-refractivity contribution in [3.05, 3.63) is 0 Å². The monoisotopic (exact) mass is 430 g/mol. The summed E-state index contributed by atoms with van der Waals surface area (Å²) in [5, 5.41) is 0. The van der Waals surface area contributed by atoms with Crippen LogP contribution in [-0.4, -0.2) is 18.5 Å². The summed E-state index contributed by atoms with van der Waals surface area (Å²) in [5.41, 5.74) is 0.412. The maximum absolute atomic E-state index is 12.4. The van der Waals surface area contributed by atoms with Crippen molar-refractivity contribution in [3.8, 4) is 0 Å². The number of Topliss-reactive ketones (excluding diaryl/α,β-unsaturated/α-hetero) is 1. The van der Waals surface area contributed by atoms with E-state index in [4.69, 9.17) is 4.74 Å². The van der Waals surface area contributed by atoms with Crippen LogP contribution in [0.5, 0.6) is 0 Å². The second kappa shape index (κ2) is 9.11. The molecule has 0 aromatic rings. The number of hydrogen-bond donors (Lipinski definition) is 0. The van der Waals surface area contributed by atoms with Crippen molar-refractivity contribution in [2.45, 2.75) is 117 Å². The molecule has 0 saturated heterocycles. The van der Waals surface area contributed by atoms with Gasteiger partial charge in [0, 0.05) is 20.0 Å². The third kappa shape index (κ3) is 4.17. The number of hydrogen-bond acceptors (Lipinski definition) is 2. The Morgan fingerprint density at radius 2 is 1.71 bits per heavy atom. The number of ether oxygens (including phenoxy) is 1. The molecule has 0 amide bonds. The van der Waals surface area contributed by atoms with Gasteiger partial charge in [-0.25, -0.2) is 0 Å². The Balaban J connectivity index is 1.55. The summed E-state index contributed by atoms with van der Waals surface area (Å²) in [6.45, 7) is 12.4. The minimum atomic E-state index is -0.102. The lowest BCUT2D eigenvalue weighted by atomic mass is 9.46. The summed E-state index contributed by atoms with van der Waals surface area (Å²) in [7, 11) is 1.94. The van der Waals surface area contributed by atoms with Crippen LogP contribution >= 0.6 is 0 Å². The number of methoxy groups -OCH3 is 1. The van der Waals surface area contributed by atoms with E-state index in [0.29, 0.717) is 29.0 Å². The molecule has 0 radical (unpaired) electrons. The van der Waals surface area contributed by atoms with E-state index in [2.05, 4.69) is 34.6 Å². The summed E-state index contributed by atoms with van der Waals surface area (Å²) in [6, 6.07) is 0. The predicted molar refractivity (Wildman–Crippen MR) is 129 cm³/mol. The first-order chi connectivity index (χ1) is 14.7. The number of carbonyl (C=O) groups excluding carboxylic acids is 1. The second-order valence-electron chi connectivity index (χ2n) is 13.0. The molecule has 0 bridgehead atoms. The average molecular weight is 431 g/mol. The minimum absolute atomic E-state index is 0.102. The normalized spacial score (nSPS) is 46.2. The fraction of sp³-hybridized carbons (Fsp3) is 0.966. The zero-order valence-electron chi connectivity index (χ0n) is 21.4. The highest BCUT2D eigenvalue weighted by molar-refractivity contribution is 5.81. The molecule has 2 nitrogen and oxygen atoms in total. The van der Waals surface area contributed by atoms with Gasteiger partial charge in [0.2, 0.25) is 0 Å². The van der Waals surface area contributed by atoms with Gasteiger partial charge in [-0.1, -0.05) is 53.4 Å². The smallest absolute Gasteiger partial charge is 0.133 e. The number of rotatable bonds is 6. The highest BCUT2D eigenvalue weighted by atomic mass is 16.5. The Morgan fingerprint density at radius 3 is 2.42 bits per heavy atom. The Hall–Kier alpha value is -0.370. The summed E-state index contributed by atoms with van der Waals surface area (Å²) in [5.74, 6) is 6.43. The van der Waals surface area contributed by atoms with E-state index in [9.17, 15) is 4.79 Å². The first-order valence-corrected chi connectivity index (χ1v) is 13.8. The van der Waals surface area contributed by atoms with Crippen LogP contribution in [0.2, 0.25) is 0 Å². The van der Waals surface area contributed by atoms with Gasteiger partial charge in [-0.15, -0.1) is 0 Å². The van der Waals surface area contributed by atoms with E-state index < -0.39 is 0 Å². The van der Waals surface area contributed by atoms with Gasteiger partial charge in [0.05, 0.1) is 5.60 Å². The first kappa shape index (κ1) is 23.8. The molecule has 0 unspecified atom stereocenters. The van der Waals surface area contributed by atoms with E-state index in [0.717, 1.165) is 42.4 Å². The van der Waals surface area contributed by atoms with E-state index >= 15 is 0 Å². The largest absolute Gasteiger partial charge is 0.378 e. The zero-order chi connectivity index (χ0) is 22.4. The molecule has 0 spiro atoms. The molecule has 4 saturated carbocycles. The second-order valence-corrected chi connectivity index (χ2v) is 13.0. The molecule has 0 heterocycles. The molecule has 2 heteroatoms. The molecule has 4 rings (SSSR count). The van der Waals surface area contributed by atoms with Crippen molar-refractivity contribution in [2.24, 2.45) is 52.8 Å². The van der Waals surface area contributed by atoms with Crippen molar-refractivity contribution >= 4 is 5.78 Å². The Bertz CT molecular complexity index is 641. The van der Waals surface area contributed by atoms with Crippen LogP contribution < -0.4 is 0 Å². The Kier molecular flexibility index (Phi) is 6.99. The molecule has 31 heavy (non-hydrogen) atoms. The summed E-state index contributed by atoms with van der Waals surface area (Å²) in [6.07, 6.45) is 15.4. The topological polar surface area (TPSA) is 26.3 Å². The van der Waals surface area contributed by atoms with Crippen molar-refractivity contribution in [1.29, 1.82) is 0 Å². The summed E-state index contributed by atoms with van der Waals surface area (Å²) < 4.78 is 6.40. The lowest BCUT2D eigenvalue weighted by molar-refractivity contribution is -0.160. The maximum atomic E-state index is 12.4. The van der Waals surface area contributed by atoms with Crippen molar-refractivity contribution in [1.82, 2.24) is 0 Å². The molecule has 0 aromatic carbocycles. The van der Waals surface area contributed by atoms with Crippen molar-refractivity contribution in [2.75, 3.05) is 7.11 Å². The number of carbonyl (C=O) groups is 1. The molecular formula is C29H50O2. The lowest BCUT2D eigenvalue weighted by Crippen LogP contribution is -2.56. The van der Waals surface area contributed by atoms with Crippen LogP contribution in [0.3, 0.4) is 0 Å². The van der Waals surface area contributed by atoms with E-state index in [1.165, 1.54) is 64.2 Å². The third-order valence-corrected chi connectivity index (χ3v) is 11.2. The molecule has 4 aliphatic carbocycles. The summed E-state index contributed by atoms with van der Waals surface area (Å²) in [4.78, 5) is 12.4. The van der Waals surface area contributed by atoms with E-state index in [1.807, 2.05) is 7.11 Å². The SMILES string of the molecule is CO[C@]1(C)[C@H]2CC(=O)C[C@H]2CC[C@H]2[C@@H]3CCC[C@H]([C@H](C)CCCC(C)C)[C@@]3(C)CC[C@@H]21. The van der Waals surface area contributed by atoms with Crippen LogP contribution in [0.4, 0.5) is 0 Å². The fourth-order valence-electron chi connectivity index (χ4n) is 9.51. The molecule has 178 valence electrons. The molecule has 0 aliphatic heterocycles. The van der Waals surface area contributed by atoms with Gasteiger partial charge >= 0.3 is 0 Å². The predicted octanol–water partition coefficient (Wildman–Crippen LogP) is 7.69. The minimum Gasteiger partial charge on any atom is -0.378 e. The third-order valence-electron chi connectivity index (χ3n) is 11.2. The quantitative estimate of drug-likeness (QED) is 0.431. The van der Waals surface area contributed by atoms with Gasteiger partial charge < -0.3 is 4.74 Å². The molecular weight excluding hydrogens is 380 g/mol. The van der Waals surface area contributed by atoms with Crippen LogP contribution in [0.25, 0.3) is 0 Å². The van der Waals surface area contributed by atoms with Gasteiger partial charge in [-0.05, 0) is 98.2 Å². The summed E-state index contributed by atoms with van der Waals surface area (Å²) >= 11 is 0. The van der Waals surface area contributed by atoms with Crippen molar-refractivity contribution in [3.63, 3.8) is 0 Å². The van der Waals surface area contributed by atoms with Crippen LogP contribution in [0, 0.1) is 52.8 Å². The Morgan fingerprint density at radius 1 is 0.935 bits per heavy atom. The van der Waals surface area contributed by atoms with Crippen LogP contribution in [0.15, 0.2) is 0 Å². The van der Waals surface area contributed by atoms with E-state index in [1.54, 1.807) is 0 Å². The number of fused-ring (bicyclic) bond motifs is 4. The van der Waals surface area contributed by atoms with Gasteiger partial charge in [0.25, 0.3) is 0 Å². The number of ketones is 1. The van der Waals surface area contributed by atoms with E-state index in [-0.39, 0.29) is 5.60 Å². The molecule has 0 aromatic heterocycles. The molecule has 4 fully saturated rings. The highest BCUT2D eigenvalue weighted by Gasteiger charge is 2.60. The highest BCUT2D eigenvalue weighted by Crippen LogP contribution is 2.64. The van der Waals surface area contributed by atoms with Crippen LogP contribution in [0.1, 0.15) is 112 Å². The van der Waals surface area contributed by atoms with Gasteiger partial charge in [0.1, 0.15) is 5.78 Å². The lowest BCUT2D eigenvalue weighted by Gasteiger charge is -2.60. The molecule has 4 aliphatic rings. The molecule has 9 atom stereocenters. The van der Waals surface area contributed by atoms with Crippen molar-refractivity contribution < 1.29 is 9.53 Å². The molecule has 0 N–H and O–H groups in total. The zero-order valence-corrected chi connectivity index (χ0v) is 21.4. The van der Waals surface area contributed by atoms with Gasteiger partial charge in [-0.3, -0.25) is 4.79 Å². The van der Waals surface area contributed by atoms with Gasteiger partial charge in [-0.2, -0.15) is 0 Å². The first-order valence-electron chi connectivity index (χ1n) is 13.8. The average Bonchev–Trinajstić information content (AvgIpc) is 3.06.